The largest absolute Gasteiger partial charge is 0.293 e. The molecular formula is C12H15N2+. The lowest BCUT2D eigenvalue weighted by molar-refractivity contribution is 1.38. The maximum absolute atomic E-state index is 4.24. The van der Waals surface area contributed by atoms with E-state index >= 15 is 0 Å². The zero-order valence-corrected chi connectivity index (χ0v) is 8.86. The van der Waals surface area contributed by atoms with Gasteiger partial charge in [-0.25, -0.2) is 0 Å². The van der Waals surface area contributed by atoms with Crippen molar-refractivity contribution in [3.05, 3.63) is 35.5 Å². The number of hydrogen-bond acceptors (Lipinski definition) is 1. The van der Waals surface area contributed by atoms with E-state index in [0.717, 1.165) is 11.3 Å². The van der Waals surface area contributed by atoms with Crippen molar-refractivity contribution in [3.63, 3.8) is 0 Å². The summed E-state index contributed by atoms with van der Waals surface area (Å²) in [6.07, 6.45) is 11.5. The summed E-state index contributed by atoms with van der Waals surface area (Å²) in [4.78, 5) is 4.24. The second kappa shape index (κ2) is 5.15. The fourth-order valence-electron chi connectivity index (χ4n) is 1.15. The molecule has 1 rings (SSSR count). The fourth-order valence-corrected chi connectivity index (χ4v) is 1.15. The molecule has 0 atom stereocenters. The van der Waals surface area contributed by atoms with Crippen molar-refractivity contribution in [1.29, 1.82) is 0 Å². The normalized spacial score (nSPS) is 15.1. The van der Waals surface area contributed by atoms with Crippen LogP contribution in [-0.4, -0.2) is 25.2 Å². The molecule has 0 aromatic rings. The molecule has 0 aromatic carbocycles. The molecule has 2 nitrogen and oxygen atoms in total. The molecule has 0 saturated carbocycles. The molecular weight excluding hydrogens is 172 g/mol. The summed E-state index contributed by atoms with van der Waals surface area (Å²) in [5.74, 6) is 0. The Hall–Kier alpha value is -1.66. The Morgan fingerprint density at radius 2 is 2.14 bits per heavy atom. The van der Waals surface area contributed by atoms with Gasteiger partial charge in [0, 0.05) is 24.8 Å². The highest BCUT2D eigenvalue weighted by Crippen LogP contribution is 2.04. The summed E-state index contributed by atoms with van der Waals surface area (Å²) in [6, 6.07) is 0. The average molecular weight is 187 g/mol. The molecule has 1 aliphatic heterocycles. The lowest BCUT2D eigenvalue weighted by Crippen LogP contribution is -1.98. The van der Waals surface area contributed by atoms with E-state index < -0.39 is 0 Å². The number of hydrogen-bond donors (Lipinski definition) is 0. The third-order valence-electron chi connectivity index (χ3n) is 1.75. The highest BCUT2D eigenvalue weighted by atomic mass is 14.7. The van der Waals surface area contributed by atoms with E-state index in [2.05, 4.69) is 29.6 Å². The van der Waals surface area contributed by atoms with E-state index in [1.807, 2.05) is 18.2 Å². The zero-order valence-electron chi connectivity index (χ0n) is 8.86. The Morgan fingerprint density at radius 3 is 2.79 bits per heavy atom. The maximum Gasteiger partial charge on any atom is 0.293 e. The van der Waals surface area contributed by atoms with E-state index in [9.17, 15) is 0 Å². The second-order valence-electron chi connectivity index (χ2n) is 3.26. The molecule has 0 radical (unpaired) electrons. The van der Waals surface area contributed by atoms with Crippen LogP contribution in [0, 0.1) is 0 Å². The molecule has 1 aliphatic rings. The van der Waals surface area contributed by atoms with Crippen molar-refractivity contribution in [1.82, 2.24) is 4.67 Å². The zero-order chi connectivity index (χ0) is 10.4. The van der Waals surface area contributed by atoms with Gasteiger partial charge in [0.2, 0.25) is 0 Å². The topological polar surface area (TPSA) is 26.5 Å². The summed E-state index contributed by atoms with van der Waals surface area (Å²) in [5, 5.41) is 0. The first kappa shape index (κ1) is 10.4. The quantitative estimate of drug-likeness (QED) is 0.465. The highest BCUT2D eigenvalue weighted by Gasteiger charge is 2.02. The van der Waals surface area contributed by atoms with Crippen LogP contribution < -0.4 is 4.67 Å². The minimum absolute atomic E-state index is 0.989. The number of rotatable bonds is 2. The molecule has 0 aliphatic carbocycles. The maximum atomic E-state index is 4.24. The van der Waals surface area contributed by atoms with Gasteiger partial charge in [-0.15, -0.1) is 4.67 Å². The Balaban J connectivity index is 2.99. The Morgan fingerprint density at radius 1 is 1.36 bits per heavy atom. The number of nitrogens with zero attached hydrogens (tertiary/aromatic N) is 2. The predicted octanol–water partition coefficient (Wildman–Crippen LogP) is 1.73. The van der Waals surface area contributed by atoms with Crippen LogP contribution in [0.15, 0.2) is 40.4 Å². The van der Waals surface area contributed by atoms with Gasteiger partial charge in [-0.1, -0.05) is 5.57 Å². The lowest BCUT2D eigenvalue weighted by atomic mass is 10.1. The fraction of sp³-hybridized carbons (Fsp3) is 0.250. The summed E-state index contributed by atoms with van der Waals surface area (Å²) in [7, 11) is 1.80. The smallest absolute Gasteiger partial charge is 0.288 e. The number of aliphatic imine (C=N–C) groups is 1. The third kappa shape index (κ3) is 3.00. The summed E-state index contributed by atoms with van der Waals surface area (Å²) < 4.78 is 4.03. The molecule has 0 bridgehead atoms. The van der Waals surface area contributed by atoms with E-state index in [4.69, 9.17) is 0 Å². The van der Waals surface area contributed by atoms with Gasteiger partial charge in [0.1, 0.15) is 0 Å². The van der Waals surface area contributed by atoms with Crippen LogP contribution in [0.2, 0.25) is 0 Å². The first-order valence-electron chi connectivity index (χ1n) is 4.59. The van der Waals surface area contributed by atoms with Gasteiger partial charge in [-0.05, 0) is 26.0 Å². The van der Waals surface area contributed by atoms with Crippen molar-refractivity contribution in [2.24, 2.45) is 4.99 Å². The molecule has 0 saturated heterocycles. The predicted molar refractivity (Wildman–Crippen MR) is 64.3 cm³/mol. The lowest BCUT2D eigenvalue weighted by Gasteiger charge is -1.99. The molecule has 0 amide bonds. The monoisotopic (exact) mass is 187 g/mol. The van der Waals surface area contributed by atoms with Crippen LogP contribution in [0.1, 0.15) is 13.8 Å². The standard InChI is InChI=1S/C12H15N2/c1-10(2)9-12(13-3)11-5-4-7-14-8-6-11/h4-9H,1-3H3/q+1. The molecule has 0 spiro atoms. The van der Waals surface area contributed by atoms with E-state index in [1.165, 1.54) is 5.57 Å². The first-order chi connectivity index (χ1) is 6.74. The molecule has 0 aromatic heterocycles. The van der Waals surface area contributed by atoms with Gasteiger partial charge < -0.3 is 0 Å². The van der Waals surface area contributed by atoms with Crippen molar-refractivity contribution in [2.45, 2.75) is 13.8 Å². The highest BCUT2D eigenvalue weighted by molar-refractivity contribution is 6.13. The van der Waals surface area contributed by atoms with Crippen LogP contribution in [0.25, 0.3) is 0 Å². The summed E-state index contributed by atoms with van der Waals surface area (Å²) in [5.41, 5.74) is 3.32. The molecule has 0 unspecified atom stereocenters. The van der Waals surface area contributed by atoms with Gasteiger partial charge >= 0.3 is 0 Å². The average Bonchev–Trinajstić information content (AvgIpc) is 2.41. The van der Waals surface area contributed by atoms with Crippen LogP contribution in [0.4, 0.5) is 0 Å². The summed E-state index contributed by atoms with van der Waals surface area (Å²) in [6.45, 7) is 4.12. The van der Waals surface area contributed by atoms with E-state index in [0.29, 0.717) is 0 Å². The third-order valence-corrected chi connectivity index (χ3v) is 1.75. The molecule has 2 heteroatoms. The van der Waals surface area contributed by atoms with Crippen molar-refractivity contribution < 1.29 is 0 Å². The van der Waals surface area contributed by atoms with Crippen LogP contribution in [-0.2, 0) is 0 Å². The molecule has 14 heavy (non-hydrogen) atoms. The summed E-state index contributed by atoms with van der Waals surface area (Å²) >= 11 is 0. The Bertz CT molecular complexity index is 383. The molecule has 0 N–H and O–H groups in total. The van der Waals surface area contributed by atoms with Crippen molar-refractivity contribution in [3.8, 4) is 0 Å². The van der Waals surface area contributed by atoms with E-state index in [-0.39, 0.29) is 0 Å². The van der Waals surface area contributed by atoms with Crippen LogP contribution >= 0.6 is 0 Å². The van der Waals surface area contributed by atoms with Crippen molar-refractivity contribution >= 4 is 18.1 Å². The minimum atomic E-state index is 0.989. The molecule has 1 heterocycles. The Kier molecular flexibility index (Phi) is 3.84. The van der Waals surface area contributed by atoms with Gasteiger partial charge in [0.25, 0.3) is 12.4 Å². The SMILES string of the molecule is CN=C(C=C(C)C)C1=CC=[N+]=CC=C1. The van der Waals surface area contributed by atoms with Crippen molar-refractivity contribution in [2.75, 3.05) is 7.05 Å². The van der Waals surface area contributed by atoms with Gasteiger partial charge in [0.05, 0.1) is 5.71 Å². The van der Waals surface area contributed by atoms with E-state index in [1.54, 1.807) is 19.5 Å². The van der Waals surface area contributed by atoms with Gasteiger partial charge in [-0.3, -0.25) is 4.99 Å². The van der Waals surface area contributed by atoms with Crippen LogP contribution in [0.3, 0.4) is 0 Å². The number of allylic oxidation sites excluding steroid dienone is 6. The van der Waals surface area contributed by atoms with Gasteiger partial charge in [0.15, 0.2) is 0 Å². The molecule has 72 valence electrons. The Labute approximate surface area is 84.8 Å². The molecule has 0 fully saturated rings. The van der Waals surface area contributed by atoms with Crippen LogP contribution in [0.5, 0.6) is 0 Å². The van der Waals surface area contributed by atoms with Gasteiger partial charge in [-0.2, -0.15) is 0 Å². The second-order valence-corrected chi connectivity index (χ2v) is 3.26. The first-order valence-corrected chi connectivity index (χ1v) is 4.59. The minimum Gasteiger partial charge on any atom is -0.288 e.